The van der Waals surface area contributed by atoms with Crippen molar-refractivity contribution in [3.63, 3.8) is 0 Å². The fourth-order valence-electron chi connectivity index (χ4n) is 1.97. The van der Waals surface area contributed by atoms with E-state index in [1.54, 1.807) is 11.3 Å². The van der Waals surface area contributed by atoms with E-state index in [1.165, 1.54) is 16.7 Å². The number of nitriles is 1. The van der Waals surface area contributed by atoms with Crippen molar-refractivity contribution in [2.75, 3.05) is 0 Å². The summed E-state index contributed by atoms with van der Waals surface area (Å²) in [5.41, 5.74) is 4.82. The first-order valence-corrected chi connectivity index (χ1v) is 6.97. The predicted molar refractivity (Wildman–Crippen MR) is 75.6 cm³/mol. The van der Waals surface area contributed by atoms with Gasteiger partial charge in [-0.25, -0.2) is 4.98 Å². The van der Waals surface area contributed by atoms with Crippen LogP contribution in [0.25, 0.3) is 11.3 Å². The van der Waals surface area contributed by atoms with Crippen molar-refractivity contribution in [3.05, 3.63) is 39.7 Å². The zero-order chi connectivity index (χ0) is 13.0. The first-order chi connectivity index (χ1) is 8.70. The van der Waals surface area contributed by atoms with Crippen LogP contribution in [0.3, 0.4) is 0 Å². The van der Waals surface area contributed by atoms with Gasteiger partial charge in [-0.1, -0.05) is 23.8 Å². The summed E-state index contributed by atoms with van der Waals surface area (Å²) in [4.78, 5) is 4.65. The Bertz CT molecular complexity index is 578. The van der Waals surface area contributed by atoms with Crippen LogP contribution in [0.5, 0.6) is 0 Å². The molecule has 18 heavy (non-hydrogen) atoms. The van der Waals surface area contributed by atoms with Crippen LogP contribution in [0.2, 0.25) is 0 Å². The van der Waals surface area contributed by atoms with Gasteiger partial charge in [0, 0.05) is 23.8 Å². The Hall–Kier alpha value is -1.66. The number of rotatable bonds is 4. The van der Waals surface area contributed by atoms with Crippen molar-refractivity contribution in [2.24, 2.45) is 0 Å². The molecule has 0 N–H and O–H groups in total. The van der Waals surface area contributed by atoms with E-state index in [4.69, 9.17) is 5.26 Å². The normalized spacial score (nSPS) is 10.3. The highest BCUT2D eigenvalue weighted by Crippen LogP contribution is 2.26. The van der Waals surface area contributed by atoms with Crippen LogP contribution in [0.4, 0.5) is 0 Å². The van der Waals surface area contributed by atoms with E-state index in [-0.39, 0.29) is 0 Å². The predicted octanol–water partition coefficient (Wildman–Crippen LogP) is 4.27. The number of benzene rings is 1. The van der Waals surface area contributed by atoms with Gasteiger partial charge in [-0.2, -0.15) is 5.26 Å². The van der Waals surface area contributed by atoms with Crippen LogP contribution in [0.1, 0.15) is 29.0 Å². The molecule has 0 spiro atoms. The lowest BCUT2D eigenvalue weighted by Crippen LogP contribution is -1.87. The quantitative estimate of drug-likeness (QED) is 0.766. The second-order valence-corrected chi connectivity index (χ2v) is 5.40. The van der Waals surface area contributed by atoms with Gasteiger partial charge >= 0.3 is 0 Å². The van der Waals surface area contributed by atoms with Crippen LogP contribution < -0.4 is 0 Å². The Kier molecular flexibility index (Phi) is 4.11. The van der Waals surface area contributed by atoms with Crippen molar-refractivity contribution in [1.29, 1.82) is 5.26 Å². The molecule has 2 nitrogen and oxygen atoms in total. The van der Waals surface area contributed by atoms with Crippen LogP contribution in [0.15, 0.2) is 23.6 Å². The van der Waals surface area contributed by atoms with E-state index >= 15 is 0 Å². The van der Waals surface area contributed by atoms with Gasteiger partial charge in [-0.3, -0.25) is 0 Å². The Morgan fingerprint density at radius 1 is 1.33 bits per heavy atom. The van der Waals surface area contributed by atoms with E-state index < -0.39 is 0 Å². The minimum absolute atomic E-state index is 0.610. The number of aryl methyl sites for hydroxylation is 3. The molecule has 0 aliphatic carbocycles. The Morgan fingerprint density at radius 2 is 2.17 bits per heavy atom. The number of hydrogen-bond acceptors (Lipinski definition) is 3. The van der Waals surface area contributed by atoms with Crippen LogP contribution in [0, 0.1) is 25.2 Å². The minimum Gasteiger partial charge on any atom is -0.241 e. The average Bonchev–Trinajstić information content (AvgIpc) is 2.78. The van der Waals surface area contributed by atoms with Crippen LogP contribution in [-0.4, -0.2) is 4.98 Å². The number of hydrogen-bond donors (Lipinski definition) is 0. The fourth-order valence-corrected chi connectivity index (χ4v) is 2.81. The molecule has 2 aromatic rings. The summed E-state index contributed by atoms with van der Waals surface area (Å²) < 4.78 is 0. The lowest BCUT2D eigenvalue weighted by Gasteiger charge is -2.03. The van der Waals surface area contributed by atoms with Gasteiger partial charge in [0.2, 0.25) is 0 Å². The SMILES string of the molecule is Cc1ccc(-c2csc(CCCC#N)n2)c(C)c1. The molecule has 1 heterocycles. The molecule has 0 unspecified atom stereocenters. The first-order valence-electron chi connectivity index (χ1n) is 6.09. The molecule has 0 aliphatic heterocycles. The Morgan fingerprint density at radius 3 is 2.89 bits per heavy atom. The third-order valence-corrected chi connectivity index (χ3v) is 3.80. The third kappa shape index (κ3) is 2.96. The molecule has 3 heteroatoms. The molecular weight excluding hydrogens is 240 g/mol. The van der Waals surface area contributed by atoms with Crippen molar-refractivity contribution in [3.8, 4) is 17.3 Å². The van der Waals surface area contributed by atoms with E-state index in [0.717, 1.165) is 23.5 Å². The molecule has 0 amide bonds. The van der Waals surface area contributed by atoms with Crippen molar-refractivity contribution >= 4 is 11.3 Å². The molecule has 1 aromatic heterocycles. The molecule has 0 bridgehead atoms. The summed E-state index contributed by atoms with van der Waals surface area (Å²) in [6.07, 6.45) is 2.41. The number of unbranched alkanes of at least 4 members (excludes halogenated alkanes) is 1. The highest BCUT2D eigenvalue weighted by atomic mass is 32.1. The highest BCUT2D eigenvalue weighted by Gasteiger charge is 2.07. The largest absolute Gasteiger partial charge is 0.241 e. The van der Waals surface area contributed by atoms with Gasteiger partial charge in [0.1, 0.15) is 0 Å². The first kappa shape index (κ1) is 12.8. The van der Waals surface area contributed by atoms with Crippen molar-refractivity contribution < 1.29 is 0 Å². The summed E-state index contributed by atoms with van der Waals surface area (Å²) in [5, 5.41) is 11.8. The summed E-state index contributed by atoms with van der Waals surface area (Å²) in [5.74, 6) is 0. The lowest BCUT2D eigenvalue weighted by molar-refractivity contribution is 0.843. The highest BCUT2D eigenvalue weighted by molar-refractivity contribution is 7.09. The molecular formula is C15H16N2S. The molecule has 0 atom stereocenters. The van der Waals surface area contributed by atoms with Crippen molar-refractivity contribution in [1.82, 2.24) is 4.98 Å². The van der Waals surface area contributed by atoms with Gasteiger partial charge in [-0.05, 0) is 25.8 Å². The molecule has 2 rings (SSSR count). The van der Waals surface area contributed by atoms with Gasteiger partial charge in [0.15, 0.2) is 0 Å². The van der Waals surface area contributed by atoms with Crippen LogP contribution in [-0.2, 0) is 6.42 Å². The third-order valence-electron chi connectivity index (χ3n) is 2.89. The Labute approximate surface area is 112 Å². The van der Waals surface area contributed by atoms with Gasteiger partial charge in [-0.15, -0.1) is 11.3 Å². The number of aromatic nitrogens is 1. The van der Waals surface area contributed by atoms with Gasteiger partial charge < -0.3 is 0 Å². The van der Waals surface area contributed by atoms with Gasteiger partial charge in [0.25, 0.3) is 0 Å². The molecule has 0 radical (unpaired) electrons. The summed E-state index contributed by atoms with van der Waals surface area (Å²) in [6.45, 7) is 4.22. The average molecular weight is 256 g/mol. The maximum atomic E-state index is 8.52. The lowest BCUT2D eigenvalue weighted by atomic mass is 10.0. The molecule has 0 aliphatic rings. The monoisotopic (exact) mass is 256 g/mol. The molecule has 0 saturated heterocycles. The topological polar surface area (TPSA) is 36.7 Å². The van der Waals surface area contributed by atoms with E-state index in [0.29, 0.717) is 6.42 Å². The number of nitrogens with zero attached hydrogens (tertiary/aromatic N) is 2. The number of thiazole rings is 1. The van der Waals surface area contributed by atoms with Gasteiger partial charge in [0.05, 0.1) is 16.8 Å². The minimum atomic E-state index is 0.610. The maximum Gasteiger partial charge on any atom is 0.0932 e. The van der Waals surface area contributed by atoms with E-state index in [9.17, 15) is 0 Å². The molecule has 0 fully saturated rings. The fraction of sp³-hybridized carbons (Fsp3) is 0.333. The summed E-state index contributed by atoms with van der Waals surface area (Å²) >= 11 is 1.69. The zero-order valence-corrected chi connectivity index (χ0v) is 11.5. The van der Waals surface area contributed by atoms with Crippen LogP contribution >= 0.6 is 11.3 Å². The van der Waals surface area contributed by atoms with E-state index in [1.807, 2.05) is 0 Å². The standard InChI is InChI=1S/C15H16N2S/c1-11-6-7-13(12(2)9-11)14-10-18-15(17-14)5-3-4-8-16/h6-7,9-10H,3-5H2,1-2H3. The van der Waals surface area contributed by atoms with E-state index in [2.05, 4.69) is 48.5 Å². The maximum absolute atomic E-state index is 8.52. The Balaban J connectivity index is 2.16. The molecule has 1 aromatic carbocycles. The second kappa shape index (κ2) is 5.79. The molecule has 92 valence electrons. The molecule has 0 saturated carbocycles. The summed E-state index contributed by atoms with van der Waals surface area (Å²) in [6, 6.07) is 8.61. The second-order valence-electron chi connectivity index (χ2n) is 4.46. The smallest absolute Gasteiger partial charge is 0.0932 e. The summed E-state index contributed by atoms with van der Waals surface area (Å²) in [7, 11) is 0. The zero-order valence-electron chi connectivity index (χ0n) is 10.7. The van der Waals surface area contributed by atoms with Crippen molar-refractivity contribution in [2.45, 2.75) is 33.1 Å².